The van der Waals surface area contributed by atoms with Crippen LogP contribution in [0.5, 0.6) is 0 Å². The van der Waals surface area contributed by atoms with Crippen LogP contribution < -0.4 is 9.79 Å². The van der Waals surface area contributed by atoms with Crippen LogP contribution in [-0.4, -0.2) is 37.7 Å². The molecule has 1 N–H and O–H groups in total. The summed E-state index contributed by atoms with van der Waals surface area (Å²) in [6.07, 6.45) is -1.78. The van der Waals surface area contributed by atoms with Crippen molar-refractivity contribution in [2.24, 2.45) is 0 Å². The maximum Gasteiger partial charge on any atom is 0.430 e. The van der Waals surface area contributed by atoms with Crippen molar-refractivity contribution < 1.29 is 37.7 Å². The highest BCUT2D eigenvalue weighted by atomic mass is 32.1. The van der Waals surface area contributed by atoms with Gasteiger partial charge in [0.2, 0.25) is 0 Å². The van der Waals surface area contributed by atoms with Crippen LogP contribution in [0.1, 0.15) is 6.42 Å². The lowest BCUT2D eigenvalue weighted by atomic mass is 10.3. The average molecular weight is 350 g/mol. The van der Waals surface area contributed by atoms with Crippen LogP contribution in [0.3, 0.4) is 0 Å². The summed E-state index contributed by atoms with van der Waals surface area (Å²) in [5.74, 6) is -3.20. The predicted molar refractivity (Wildman–Crippen MR) is 66.6 cm³/mol. The summed E-state index contributed by atoms with van der Waals surface area (Å²) >= 11 is 1.28. The van der Waals surface area contributed by atoms with Gasteiger partial charge in [0, 0.05) is 6.07 Å². The second-order valence-corrected chi connectivity index (χ2v) is 4.47. The van der Waals surface area contributed by atoms with E-state index in [2.05, 4.69) is 14.5 Å². The fourth-order valence-corrected chi connectivity index (χ4v) is 1.60. The van der Waals surface area contributed by atoms with E-state index >= 15 is 0 Å². The van der Waals surface area contributed by atoms with Crippen molar-refractivity contribution in [2.75, 3.05) is 0 Å². The van der Waals surface area contributed by atoms with Gasteiger partial charge in [-0.25, -0.2) is 4.98 Å². The lowest BCUT2D eigenvalue weighted by molar-refractivity contribution is -0.752. The van der Waals surface area contributed by atoms with Gasteiger partial charge in [0.25, 0.3) is 0 Å². The Morgan fingerprint density at radius 3 is 2.43 bits per heavy atom. The van der Waals surface area contributed by atoms with Gasteiger partial charge >= 0.3 is 12.1 Å². The van der Waals surface area contributed by atoms with E-state index in [-0.39, 0.29) is 6.42 Å². The predicted octanol–water partition coefficient (Wildman–Crippen LogP) is -0.339. The quantitative estimate of drug-likeness (QED) is 0.749. The molecule has 2 aromatic rings. The summed E-state index contributed by atoms with van der Waals surface area (Å²) in [5, 5.41) is 21.4. The minimum atomic E-state index is -5.19. The first kappa shape index (κ1) is 18.4. The number of carbonyl (C=O) groups excluding carboxylic acids is 1. The van der Waals surface area contributed by atoms with Crippen LogP contribution in [0.4, 0.5) is 13.2 Å². The Morgan fingerprint density at radius 2 is 2.04 bits per heavy atom. The van der Waals surface area contributed by atoms with Crippen molar-refractivity contribution in [2.45, 2.75) is 19.1 Å². The van der Waals surface area contributed by atoms with Gasteiger partial charge < -0.3 is 15.0 Å². The van der Waals surface area contributed by atoms with Crippen LogP contribution in [0.2, 0.25) is 0 Å². The number of carboxylic acid groups (broad SMARTS) is 2. The molecule has 23 heavy (non-hydrogen) atoms. The number of hydrogen-bond donors (Lipinski definition) is 1. The Hall–Kier alpha value is -2.63. The lowest BCUT2D eigenvalue weighted by Crippen LogP contribution is -2.38. The van der Waals surface area contributed by atoms with Gasteiger partial charge in [0.05, 0.1) is 5.56 Å². The Balaban J connectivity index is 0.000000322. The molecule has 0 unspecified atom stereocenters. The first-order chi connectivity index (χ1) is 10.7. The molecule has 0 aliphatic carbocycles. The highest BCUT2D eigenvalue weighted by molar-refractivity contribution is 7.03. The summed E-state index contributed by atoms with van der Waals surface area (Å²) in [4.78, 5) is 23.2. The third-order valence-electron chi connectivity index (χ3n) is 2.18. The van der Waals surface area contributed by atoms with E-state index in [1.807, 2.05) is 6.07 Å². The number of hydrogen-bond acceptors (Lipinski definition) is 7. The molecule has 0 bridgehead atoms. The molecule has 0 saturated heterocycles. The Kier molecular flexibility index (Phi) is 6.50. The van der Waals surface area contributed by atoms with Crippen molar-refractivity contribution in [1.82, 2.24) is 14.5 Å². The number of halogens is 3. The molecule has 0 aliphatic heterocycles. The van der Waals surface area contributed by atoms with Gasteiger partial charge in [-0.15, -0.1) is 0 Å². The normalized spacial score (nSPS) is 10.6. The number of rotatable bonds is 4. The van der Waals surface area contributed by atoms with Gasteiger partial charge in [-0.05, 0) is 16.6 Å². The molecular weight excluding hydrogens is 341 g/mol. The third kappa shape index (κ3) is 6.78. The third-order valence-corrected chi connectivity index (χ3v) is 2.66. The average Bonchev–Trinajstić information content (AvgIpc) is 2.99. The molecule has 0 fully saturated rings. The molecule has 124 valence electrons. The minimum absolute atomic E-state index is 0.0615. The molecule has 2 rings (SSSR count). The van der Waals surface area contributed by atoms with Gasteiger partial charge in [-0.1, -0.05) is 4.68 Å². The number of nitrogens with zero attached hydrogens (tertiary/aromatic N) is 4. The van der Waals surface area contributed by atoms with Gasteiger partial charge in [0.15, 0.2) is 18.6 Å². The Labute approximate surface area is 131 Å². The summed E-state index contributed by atoms with van der Waals surface area (Å²) in [6.45, 7) is 0.361. The standard InChI is InChI=1S/C9H8N4O2S.C2HF3O2/c14-8(15)2-4-13-3-1-7(5-11-13)9-10-6-16-12-9;3-2(4,5)1(6)7/h1,3,5-6H,2,4H2;(H,6,7). The van der Waals surface area contributed by atoms with E-state index in [1.54, 1.807) is 22.6 Å². The van der Waals surface area contributed by atoms with E-state index in [4.69, 9.17) is 15.0 Å². The van der Waals surface area contributed by atoms with Crippen LogP contribution in [0.25, 0.3) is 11.4 Å². The number of carboxylic acids is 2. The molecule has 0 radical (unpaired) electrons. The van der Waals surface area contributed by atoms with Crippen LogP contribution in [-0.2, 0) is 16.1 Å². The fraction of sp³-hybridized carbons (Fsp3) is 0.273. The fourth-order valence-electron chi connectivity index (χ4n) is 1.16. The molecule has 0 aliphatic rings. The monoisotopic (exact) mass is 350 g/mol. The molecule has 8 nitrogen and oxygen atoms in total. The molecule has 2 heterocycles. The number of aryl methyl sites for hydroxylation is 1. The maximum atomic E-state index is 10.5. The van der Waals surface area contributed by atoms with Crippen LogP contribution >= 0.6 is 11.5 Å². The molecule has 0 amide bonds. The summed E-state index contributed by atoms with van der Waals surface area (Å²) < 4.78 is 37.2. The highest BCUT2D eigenvalue weighted by Crippen LogP contribution is 2.12. The van der Waals surface area contributed by atoms with E-state index < -0.39 is 18.1 Å². The van der Waals surface area contributed by atoms with E-state index in [0.29, 0.717) is 12.4 Å². The molecule has 0 atom stereocenters. The SMILES string of the molecule is O=C(O)CC[n+]1ccc(-c2ncsn2)cn1.O=C([O-])C(F)(F)F. The molecule has 2 aromatic heterocycles. The van der Waals surface area contributed by atoms with Crippen molar-refractivity contribution in [3.05, 3.63) is 24.0 Å². The van der Waals surface area contributed by atoms with Gasteiger partial charge in [0.1, 0.15) is 24.1 Å². The Bertz CT molecular complexity index is 646. The number of alkyl halides is 3. The summed E-state index contributed by atoms with van der Waals surface area (Å²) in [6, 6.07) is 1.82. The highest BCUT2D eigenvalue weighted by Gasteiger charge is 2.28. The first-order valence-corrected chi connectivity index (χ1v) is 6.66. The molecule has 0 saturated carbocycles. The Morgan fingerprint density at radius 1 is 1.39 bits per heavy atom. The minimum Gasteiger partial charge on any atom is -0.542 e. The maximum absolute atomic E-state index is 10.5. The summed E-state index contributed by atoms with van der Waals surface area (Å²) in [5.41, 5.74) is 2.48. The van der Waals surface area contributed by atoms with Crippen molar-refractivity contribution in [3.63, 3.8) is 0 Å². The second-order valence-electron chi connectivity index (χ2n) is 3.86. The second kappa shape index (κ2) is 8.12. The number of aliphatic carboxylic acids is 2. The summed E-state index contributed by atoms with van der Waals surface area (Å²) in [7, 11) is 0. The van der Waals surface area contributed by atoms with Crippen molar-refractivity contribution in [3.8, 4) is 11.4 Å². The van der Waals surface area contributed by atoms with Gasteiger partial charge in [-0.3, -0.25) is 4.79 Å². The number of carbonyl (C=O) groups is 2. The molecule has 0 spiro atoms. The van der Waals surface area contributed by atoms with Crippen molar-refractivity contribution in [1.29, 1.82) is 0 Å². The zero-order chi connectivity index (χ0) is 17.5. The van der Waals surface area contributed by atoms with E-state index in [9.17, 15) is 18.0 Å². The molecule has 12 heteroatoms. The van der Waals surface area contributed by atoms with E-state index in [0.717, 1.165) is 5.56 Å². The molecular formula is C11H9F3N4O4S. The molecule has 0 aromatic carbocycles. The number of aromatic nitrogens is 4. The largest absolute Gasteiger partial charge is 0.542 e. The van der Waals surface area contributed by atoms with Crippen LogP contribution in [0.15, 0.2) is 24.0 Å². The topological polar surface area (TPSA) is 120 Å². The van der Waals surface area contributed by atoms with Crippen molar-refractivity contribution >= 4 is 23.5 Å². The van der Waals surface area contributed by atoms with E-state index in [1.165, 1.54) is 11.5 Å². The smallest absolute Gasteiger partial charge is 0.430 e. The van der Waals surface area contributed by atoms with Crippen LogP contribution in [0, 0.1) is 0 Å². The van der Waals surface area contributed by atoms with Gasteiger partial charge in [-0.2, -0.15) is 17.5 Å². The zero-order valence-electron chi connectivity index (χ0n) is 11.2. The first-order valence-electron chi connectivity index (χ1n) is 5.82. The lowest BCUT2D eigenvalue weighted by Gasteiger charge is -2.03. The zero-order valence-corrected chi connectivity index (χ0v) is 12.0.